The molecule has 0 aliphatic carbocycles. The maximum Gasteiger partial charge on any atom is 0.157 e. The zero-order valence-corrected chi connectivity index (χ0v) is 10.2. The first-order valence-corrected chi connectivity index (χ1v) is 5.77. The number of aromatic nitrogens is 3. The molecule has 3 rings (SSSR count). The second kappa shape index (κ2) is 4.88. The number of phenolic OH excluding ortho intramolecular Hbond substituents is 1. The van der Waals surface area contributed by atoms with Crippen LogP contribution < -0.4 is 0 Å². The Hall–Kier alpha value is -3.09. The van der Waals surface area contributed by atoms with Crippen molar-refractivity contribution in [2.45, 2.75) is 0 Å². The molecule has 7 heteroatoms. The van der Waals surface area contributed by atoms with Crippen molar-refractivity contribution in [3.05, 3.63) is 42.0 Å². The van der Waals surface area contributed by atoms with Crippen molar-refractivity contribution in [3.8, 4) is 5.75 Å². The molecule has 98 valence electrons. The molecule has 0 aliphatic heterocycles. The number of phenols is 1. The summed E-state index contributed by atoms with van der Waals surface area (Å²) in [5.41, 5.74) is 2.41. The van der Waals surface area contributed by atoms with Crippen LogP contribution in [-0.4, -0.2) is 26.8 Å². The lowest BCUT2D eigenvalue weighted by Gasteiger charge is -1.98. The Morgan fingerprint density at radius 2 is 1.85 bits per heavy atom. The highest BCUT2D eigenvalue weighted by Crippen LogP contribution is 2.33. The van der Waals surface area contributed by atoms with Gasteiger partial charge in [0.1, 0.15) is 23.1 Å². The van der Waals surface area contributed by atoms with Gasteiger partial charge in [0.25, 0.3) is 0 Å². The predicted octanol–water partition coefficient (Wildman–Crippen LogP) is 2.89. The molecule has 0 spiro atoms. The second-order valence-electron chi connectivity index (χ2n) is 4.03. The van der Waals surface area contributed by atoms with Gasteiger partial charge in [-0.05, 0) is 36.4 Å². The first kappa shape index (κ1) is 12.0. The average molecular weight is 267 g/mol. The molecule has 0 atom stereocenters. The number of aromatic amines is 1. The van der Waals surface area contributed by atoms with E-state index < -0.39 is 0 Å². The van der Waals surface area contributed by atoms with E-state index in [1.165, 1.54) is 6.07 Å². The number of nitrogens with zero attached hydrogens (tertiary/aromatic N) is 4. The molecule has 0 amide bonds. The molecule has 2 aromatic carbocycles. The van der Waals surface area contributed by atoms with Gasteiger partial charge in [0, 0.05) is 5.56 Å². The number of hydrogen-bond donors (Lipinski definition) is 2. The maximum atomic E-state index is 10.6. The molecule has 0 saturated heterocycles. The number of carbonyl (C=O) groups is 1. The van der Waals surface area contributed by atoms with Gasteiger partial charge in [-0.15, -0.1) is 5.11 Å². The van der Waals surface area contributed by atoms with Crippen molar-refractivity contribution in [3.63, 3.8) is 0 Å². The Bertz CT molecular complexity index is 792. The lowest BCUT2D eigenvalue weighted by atomic mass is 10.2. The summed E-state index contributed by atoms with van der Waals surface area (Å²) < 4.78 is 0. The molecule has 1 heterocycles. The molecular weight excluding hydrogens is 258 g/mol. The van der Waals surface area contributed by atoms with Crippen LogP contribution in [0.15, 0.2) is 46.6 Å². The van der Waals surface area contributed by atoms with Crippen LogP contribution in [0.2, 0.25) is 0 Å². The zero-order chi connectivity index (χ0) is 13.9. The van der Waals surface area contributed by atoms with Crippen LogP contribution >= 0.6 is 0 Å². The van der Waals surface area contributed by atoms with E-state index in [1.54, 1.807) is 30.3 Å². The number of aromatic hydroxyl groups is 1. The predicted molar refractivity (Wildman–Crippen MR) is 71.6 cm³/mol. The lowest BCUT2D eigenvalue weighted by Crippen LogP contribution is -1.76. The second-order valence-corrected chi connectivity index (χ2v) is 4.03. The van der Waals surface area contributed by atoms with E-state index in [2.05, 4.69) is 25.6 Å². The molecule has 1 aromatic heterocycles. The molecule has 0 bridgehead atoms. The van der Waals surface area contributed by atoms with Gasteiger partial charge in [0.2, 0.25) is 0 Å². The fraction of sp³-hybridized carbons (Fsp3) is 0. The quantitative estimate of drug-likeness (QED) is 0.562. The third kappa shape index (κ3) is 2.12. The Balaban J connectivity index is 1.99. The topological polar surface area (TPSA) is 104 Å². The van der Waals surface area contributed by atoms with Gasteiger partial charge >= 0.3 is 0 Å². The highest BCUT2D eigenvalue weighted by atomic mass is 16.3. The average Bonchev–Trinajstić information content (AvgIpc) is 2.95. The molecule has 3 aromatic rings. The van der Waals surface area contributed by atoms with Crippen LogP contribution in [0.4, 0.5) is 11.4 Å². The first-order valence-electron chi connectivity index (χ1n) is 5.77. The molecule has 0 fully saturated rings. The summed E-state index contributed by atoms with van der Waals surface area (Å²) in [6.45, 7) is 0. The fourth-order valence-corrected chi connectivity index (χ4v) is 1.71. The van der Waals surface area contributed by atoms with E-state index in [1.807, 2.05) is 0 Å². The molecular formula is C13H9N5O2. The summed E-state index contributed by atoms with van der Waals surface area (Å²) in [5, 5.41) is 28.1. The third-order valence-electron chi connectivity index (χ3n) is 2.74. The van der Waals surface area contributed by atoms with Gasteiger partial charge in [-0.3, -0.25) is 4.79 Å². The summed E-state index contributed by atoms with van der Waals surface area (Å²) in [6, 6.07) is 9.71. The number of benzene rings is 2. The number of aldehydes is 1. The van der Waals surface area contributed by atoms with Crippen molar-refractivity contribution in [1.29, 1.82) is 0 Å². The minimum absolute atomic E-state index is 0.0281. The Morgan fingerprint density at radius 3 is 2.60 bits per heavy atom. The number of azo groups is 1. The number of carbonyl (C=O) groups excluding carboxylic acids is 1. The van der Waals surface area contributed by atoms with E-state index >= 15 is 0 Å². The van der Waals surface area contributed by atoms with Crippen molar-refractivity contribution in [2.75, 3.05) is 0 Å². The van der Waals surface area contributed by atoms with E-state index in [0.717, 1.165) is 6.29 Å². The van der Waals surface area contributed by atoms with Crippen LogP contribution in [0.1, 0.15) is 10.4 Å². The van der Waals surface area contributed by atoms with Crippen LogP contribution in [0.3, 0.4) is 0 Å². The molecule has 2 N–H and O–H groups in total. The van der Waals surface area contributed by atoms with Crippen molar-refractivity contribution in [1.82, 2.24) is 15.4 Å². The van der Waals surface area contributed by atoms with Gasteiger partial charge in [-0.1, -0.05) is 0 Å². The zero-order valence-electron chi connectivity index (χ0n) is 10.2. The van der Waals surface area contributed by atoms with Gasteiger partial charge < -0.3 is 5.11 Å². The fourth-order valence-electron chi connectivity index (χ4n) is 1.71. The highest BCUT2D eigenvalue weighted by Gasteiger charge is 2.09. The molecule has 0 unspecified atom stereocenters. The number of rotatable bonds is 3. The Kier molecular flexibility index (Phi) is 2.92. The van der Waals surface area contributed by atoms with Crippen LogP contribution in [0.25, 0.3) is 11.0 Å². The number of nitrogens with one attached hydrogen (secondary N) is 1. The monoisotopic (exact) mass is 267 g/mol. The van der Waals surface area contributed by atoms with Crippen molar-refractivity contribution >= 4 is 28.7 Å². The molecule has 0 aliphatic rings. The Labute approximate surface area is 113 Å². The van der Waals surface area contributed by atoms with E-state index in [9.17, 15) is 9.90 Å². The summed E-state index contributed by atoms with van der Waals surface area (Å²) in [4.78, 5) is 10.6. The number of H-pyrrole nitrogens is 1. The molecule has 0 radical (unpaired) electrons. The first-order chi connectivity index (χ1) is 9.78. The SMILES string of the molecule is O=Cc1ccc(N=Nc2c(O)ccc3n[nH]nc23)cc1. The standard InChI is InChI=1S/C13H9N5O2/c19-7-8-1-3-9(4-2-8)14-16-13-11(20)6-5-10-12(13)17-18-15-10/h1-7,20H,(H,15,17,18). The minimum atomic E-state index is -0.0281. The molecule has 20 heavy (non-hydrogen) atoms. The maximum absolute atomic E-state index is 10.6. The summed E-state index contributed by atoms with van der Waals surface area (Å²) >= 11 is 0. The van der Waals surface area contributed by atoms with Crippen molar-refractivity contribution in [2.24, 2.45) is 10.2 Å². The van der Waals surface area contributed by atoms with Gasteiger partial charge in [-0.2, -0.15) is 20.5 Å². The summed E-state index contributed by atoms with van der Waals surface area (Å²) in [5.74, 6) is -0.0281. The number of hydrogen-bond acceptors (Lipinski definition) is 6. The normalized spacial score (nSPS) is 11.2. The third-order valence-corrected chi connectivity index (χ3v) is 2.74. The number of fused-ring (bicyclic) bond motifs is 1. The van der Waals surface area contributed by atoms with E-state index in [4.69, 9.17) is 0 Å². The minimum Gasteiger partial charge on any atom is -0.506 e. The Morgan fingerprint density at radius 1 is 1.05 bits per heavy atom. The molecule has 7 nitrogen and oxygen atoms in total. The lowest BCUT2D eigenvalue weighted by molar-refractivity contribution is 0.112. The van der Waals surface area contributed by atoms with Crippen LogP contribution in [0.5, 0.6) is 5.75 Å². The highest BCUT2D eigenvalue weighted by molar-refractivity contribution is 5.88. The smallest absolute Gasteiger partial charge is 0.157 e. The molecule has 0 saturated carbocycles. The van der Waals surface area contributed by atoms with Crippen LogP contribution in [0, 0.1) is 0 Å². The summed E-state index contributed by atoms with van der Waals surface area (Å²) in [6.07, 6.45) is 0.753. The largest absolute Gasteiger partial charge is 0.506 e. The van der Waals surface area contributed by atoms with Gasteiger partial charge in [0.05, 0.1) is 5.69 Å². The van der Waals surface area contributed by atoms with Crippen LogP contribution in [-0.2, 0) is 0 Å². The summed E-state index contributed by atoms with van der Waals surface area (Å²) in [7, 11) is 0. The van der Waals surface area contributed by atoms with Gasteiger partial charge in [0.15, 0.2) is 5.69 Å². The van der Waals surface area contributed by atoms with E-state index in [-0.39, 0.29) is 11.4 Å². The van der Waals surface area contributed by atoms with Gasteiger partial charge in [-0.25, -0.2) is 0 Å². The van der Waals surface area contributed by atoms with E-state index in [0.29, 0.717) is 22.3 Å². The van der Waals surface area contributed by atoms with Crippen molar-refractivity contribution < 1.29 is 9.90 Å².